The number of rotatable bonds is 7. The fraction of sp³-hybridized carbons (Fsp3) is 0.185. The highest BCUT2D eigenvalue weighted by Crippen LogP contribution is 2.44. The third-order valence-electron chi connectivity index (χ3n) is 5.64. The van der Waals surface area contributed by atoms with Crippen molar-refractivity contribution in [3.63, 3.8) is 0 Å². The molecule has 168 valence electrons. The molecule has 0 saturated heterocycles. The van der Waals surface area contributed by atoms with Crippen molar-refractivity contribution in [2.24, 2.45) is 0 Å². The van der Waals surface area contributed by atoms with Gasteiger partial charge in [-0.3, -0.25) is 0 Å². The van der Waals surface area contributed by atoms with Crippen molar-refractivity contribution in [1.82, 2.24) is 5.32 Å². The Morgan fingerprint density at radius 1 is 1.00 bits per heavy atom. The van der Waals surface area contributed by atoms with Crippen LogP contribution in [-0.4, -0.2) is 32.3 Å². The highest BCUT2D eigenvalue weighted by molar-refractivity contribution is 5.90. The van der Waals surface area contributed by atoms with E-state index in [1.807, 2.05) is 24.3 Å². The molecule has 33 heavy (non-hydrogen) atoms. The molecule has 1 aliphatic carbocycles. The Labute approximate surface area is 191 Å². The maximum absolute atomic E-state index is 13.9. The van der Waals surface area contributed by atoms with Gasteiger partial charge in [-0.1, -0.05) is 60.7 Å². The van der Waals surface area contributed by atoms with Gasteiger partial charge in [0.2, 0.25) is 0 Å². The molecule has 0 heterocycles. The van der Waals surface area contributed by atoms with Gasteiger partial charge in [-0.25, -0.2) is 14.0 Å². The van der Waals surface area contributed by atoms with Gasteiger partial charge >= 0.3 is 12.1 Å². The standard InChI is InChI=1S/C27H24FNO4/c1-32-26(30)19-13-14-25(28)18(16-19)8-6-7-15-29-27(31)33-17-24-22-11-4-2-9-20(22)21-10-3-5-12-23(21)24/h2-6,8-14,16,24H,7,15,17H2,1H3,(H,29,31). The summed E-state index contributed by atoms with van der Waals surface area (Å²) in [6, 6.07) is 20.3. The Morgan fingerprint density at radius 3 is 2.33 bits per heavy atom. The Hall–Kier alpha value is -3.93. The molecule has 0 spiro atoms. The Morgan fingerprint density at radius 2 is 1.67 bits per heavy atom. The zero-order chi connectivity index (χ0) is 23.2. The van der Waals surface area contributed by atoms with Crippen LogP contribution in [0.3, 0.4) is 0 Å². The van der Waals surface area contributed by atoms with Gasteiger partial charge in [0.1, 0.15) is 12.4 Å². The van der Waals surface area contributed by atoms with Gasteiger partial charge in [-0.2, -0.15) is 0 Å². The summed E-state index contributed by atoms with van der Waals surface area (Å²) in [6.07, 6.45) is 3.28. The molecule has 1 N–H and O–H groups in total. The fourth-order valence-electron chi connectivity index (χ4n) is 4.03. The first-order valence-corrected chi connectivity index (χ1v) is 10.7. The molecule has 0 bridgehead atoms. The summed E-state index contributed by atoms with van der Waals surface area (Å²) >= 11 is 0. The van der Waals surface area contributed by atoms with E-state index in [2.05, 4.69) is 34.3 Å². The summed E-state index contributed by atoms with van der Waals surface area (Å²) in [6.45, 7) is 0.590. The van der Waals surface area contributed by atoms with Crippen molar-refractivity contribution in [2.45, 2.75) is 12.3 Å². The molecule has 0 atom stereocenters. The predicted molar refractivity (Wildman–Crippen MR) is 124 cm³/mol. The van der Waals surface area contributed by atoms with Crippen molar-refractivity contribution in [1.29, 1.82) is 0 Å². The number of amides is 1. The maximum Gasteiger partial charge on any atom is 0.407 e. The Kier molecular flexibility index (Phi) is 6.83. The third-order valence-corrected chi connectivity index (χ3v) is 5.64. The first-order chi connectivity index (χ1) is 16.1. The van der Waals surface area contributed by atoms with Crippen LogP contribution in [-0.2, 0) is 9.47 Å². The van der Waals surface area contributed by atoms with Gasteiger partial charge < -0.3 is 14.8 Å². The Bertz CT molecular complexity index is 1160. The summed E-state index contributed by atoms with van der Waals surface area (Å²) in [5.41, 5.74) is 5.22. The Balaban J connectivity index is 1.28. The van der Waals surface area contributed by atoms with Crippen LogP contribution in [0.2, 0.25) is 0 Å². The van der Waals surface area contributed by atoms with Crippen LogP contribution < -0.4 is 5.32 Å². The number of esters is 1. The number of fused-ring (bicyclic) bond motifs is 3. The SMILES string of the molecule is COC(=O)c1ccc(F)c(C=CCCNC(=O)OCC2c3ccccc3-c3ccccc32)c1. The summed E-state index contributed by atoms with van der Waals surface area (Å²) in [4.78, 5) is 23.8. The van der Waals surface area contributed by atoms with Gasteiger partial charge in [-0.05, 0) is 46.9 Å². The lowest BCUT2D eigenvalue weighted by Gasteiger charge is -2.14. The molecule has 6 heteroatoms. The van der Waals surface area contributed by atoms with Gasteiger partial charge in [0.25, 0.3) is 0 Å². The molecule has 1 aliphatic rings. The van der Waals surface area contributed by atoms with Crippen LogP contribution >= 0.6 is 0 Å². The second-order valence-electron chi connectivity index (χ2n) is 7.67. The number of benzene rings is 3. The number of halogens is 1. The fourth-order valence-corrected chi connectivity index (χ4v) is 4.03. The molecule has 0 fully saturated rings. The van der Waals surface area contributed by atoms with Gasteiger partial charge in [0.15, 0.2) is 0 Å². The van der Waals surface area contributed by atoms with Gasteiger partial charge in [0, 0.05) is 18.0 Å². The second-order valence-corrected chi connectivity index (χ2v) is 7.67. The monoisotopic (exact) mass is 445 g/mol. The van der Waals surface area contributed by atoms with Crippen molar-refractivity contribution in [2.75, 3.05) is 20.3 Å². The number of methoxy groups -OCH3 is 1. The highest BCUT2D eigenvalue weighted by atomic mass is 19.1. The smallest absolute Gasteiger partial charge is 0.407 e. The van der Waals surface area contributed by atoms with Crippen LogP contribution in [0.5, 0.6) is 0 Å². The first-order valence-electron chi connectivity index (χ1n) is 10.7. The van der Waals surface area contributed by atoms with E-state index in [9.17, 15) is 14.0 Å². The molecule has 0 aromatic heterocycles. The molecule has 3 aromatic carbocycles. The number of nitrogens with one attached hydrogen (secondary N) is 1. The average Bonchev–Trinajstić information content (AvgIpc) is 3.16. The molecule has 3 aromatic rings. The summed E-state index contributed by atoms with van der Waals surface area (Å²) in [5.74, 6) is -0.960. The lowest BCUT2D eigenvalue weighted by Crippen LogP contribution is -2.26. The lowest BCUT2D eigenvalue weighted by molar-refractivity contribution is 0.0600. The molecule has 0 aliphatic heterocycles. The molecule has 4 rings (SSSR count). The molecular formula is C27H24FNO4. The van der Waals surface area contributed by atoms with Crippen LogP contribution in [0.25, 0.3) is 17.2 Å². The average molecular weight is 445 g/mol. The molecule has 0 unspecified atom stereocenters. The van der Waals surface area contributed by atoms with Crippen molar-refractivity contribution in [3.05, 3.63) is 101 Å². The number of ether oxygens (including phenoxy) is 2. The minimum atomic E-state index is -0.526. The van der Waals surface area contributed by atoms with E-state index < -0.39 is 17.9 Å². The van der Waals surface area contributed by atoms with E-state index in [0.717, 1.165) is 11.1 Å². The van der Waals surface area contributed by atoms with E-state index in [1.54, 1.807) is 12.2 Å². The summed E-state index contributed by atoms with van der Waals surface area (Å²) in [7, 11) is 1.27. The topological polar surface area (TPSA) is 64.6 Å². The van der Waals surface area contributed by atoms with Gasteiger partial charge in [-0.15, -0.1) is 0 Å². The summed E-state index contributed by atoms with van der Waals surface area (Å²) < 4.78 is 24.1. The molecular weight excluding hydrogens is 421 g/mol. The normalized spacial score (nSPS) is 12.3. The quantitative estimate of drug-likeness (QED) is 0.382. The van der Waals surface area contributed by atoms with Crippen LogP contribution in [0, 0.1) is 5.82 Å². The largest absolute Gasteiger partial charge is 0.465 e. The zero-order valence-electron chi connectivity index (χ0n) is 18.2. The molecule has 0 radical (unpaired) electrons. The van der Waals surface area contributed by atoms with Crippen LogP contribution in [0.1, 0.15) is 39.4 Å². The number of hydrogen-bond donors (Lipinski definition) is 1. The maximum atomic E-state index is 13.9. The van der Waals surface area contributed by atoms with E-state index in [0.29, 0.717) is 13.0 Å². The van der Waals surface area contributed by atoms with E-state index >= 15 is 0 Å². The number of hydrogen-bond acceptors (Lipinski definition) is 4. The van der Waals surface area contributed by atoms with Crippen LogP contribution in [0.4, 0.5) is 9.18 Å². The number of carbonyl (C=O) groups is 2. The van der Waals surface area contributed by atoms with E-state index in [-0.39, 0.29) is 23.7 Å². The van der Waals surface area contributed by atoms with E-state index in [4.69, 9.17) is 4.74 Å². The first kappa shape index (κ1) is 22.3. The van der Waals surface area contributed by atoms with Crippen LogP contribution in [0.15, 0.2) is 72.8 Å². The minimum absolute atomic E-state index is 0.00751. The predicted octanol–water partition coefficient (Wildman–Crippen LogP) is 5.55. The highest BCUT2D eigenvalue weighted by Gasteiger charge is 2.28. The van der Waals surface area contributed by atoms with Crippen molar-refractivity contribution >= 4 is 18.1 Å². The van der Waals surface area contributed by atoms with Gasteiger partial charge in [0.05, 0.1) is 12.7 Å². The number of alkyl carbamates (subject to hydrolysis) is 1. The zero-order valence-corrected chi connectivity index (χ0v) is 18.2. The van der Waals surface area contributed by atoms with E-state index in [1.165, 1.54) is 36.4 Å². The number of carbonyl (C=O) groups excluding carboxylic acids is 2. The second kappa shape index (κ2) is 10.1. The molecule has 0 saturated carbocycles. The van der Waals surface area contributed by atoms with Crippen molar-refractivity contribution < 1.29 is 23.5 Å². The van der Waals surface area contributed by atoms with Crippen molar-refractivity contribution in [3.8, 4) is 11.1 Å². The summed E-state index contributed by atoms with van der Waals surface area (Å²) in [5, 5.41) is 2.71. The molecule has 1 amide bonds. The minimum Gasteiger partial charge on any atom is -0.465 e. The third kappa shape index (κ3) is 4.95. The lowest BCUT2D eigenvalue weighted by atomic mass is 9.98. The molecule has 5 nitrogen and oxygen atoms in total.